The van der Waals surface area contributed by atoms with E-state index in [4.69, 9.17) is 5.11 Å². The van der Waals surface area contributed by atoms with Gasteiger partial charge in [-0.1, -0.05) is 20.8 Å². The predicted octanol–water partition coefficient (Wildman–Crippen LogP) is 0.737. The summed E-state index contributed by atoms with van der Waals surface area (Å²) in [4.78, 5) is 24.5. The molecular formula is C12H25N3O3. The number of urea groups is 1. The number of amides is 2. The summed E-state index contributed by atoms with van der Waals surface area (Å²) in [5.74, 6) is -1.01. The lowest BCUT2D eigenvalue weighted by Gasteiger charge is -2.29. The van der Waals surface area contributed by atoms with Crippen molar-refractivity contribution in [3.8, 4) is 0 Å². The first kappa shape index (κ1) is 16.7. The highest BCUT2D eigenvalue weighted by atomic mass is 16.4. The highest BCUT2D eigenvalue weighted by Gasteiger charge is 2.33. The van der Waals surface area contributed by atoms with Crippen LogP contribution in [0, 0.1) is 5.41 Å². The molecule has 1 unspecified atom stereocenters. The second-order valence-electron chi connectivity index (χ2n) is 5.47. The fraction of sp³-hybridized carbons (Fsp3) is 0.833. The number of nitrogens with zero attached hydrogens (tertiary/aromatic N) is 1. The summed E-state index contributed by atoms with van der Waals surface area (Å²) in [6.07, 6.45) is 0.827. The van der Waals surface area contributed by atoms with Gasteiger partial charge < -0.3 is 20.6 Å². The van der Waals surface area contributed by atoms with E-state index in [1.807, 2.05) is 7.05 Å². The normalized spacial score (nSPS) is 12.9. The third-order valence-electron chi connectivity index (χ3n) is 2.65. The zero-order chi connectivity index (χ0) is 14.3. The van der Waals surface area contributed by atoms with Gasteiger partial charge in [-0.25, -0.2) is 9.59 Å². The van der Waals surface area contributed by atoms with Gasteiger partial charge in [-0.3, -0.25) is 0 Å². The predicted molar refractivity (Wildman–Crippen MR) is 70.6 cm³/mol. The fourth-order valence-electron chi connectivity index (χ4n) is 1.48. The Morgan fingerprint density at radius 2 is 1.89 bits per heavy atom. The van der Waals surface area contributed by atoms with E-state index in [1.54, 1.807) is 27.8 Å². The Bertz CT molecular complexity index is 287. The Morgan fingerprint density at radius 1 is 1.33 bits per heavy atom. The van der Waals surface area contributed by atoms with E-state index in [2.05, 4.69) is 10.6 Å². The standard InChI is InChI=1S/C12H25N3O3/c1-12(2,3)9(10(16)17)14-11(18)15(5)8-6-7-13-4/h9,13H,6-8H2,1-5H3,(H,14,18)(H,16,17). The van der Waals surface area contributed by atoms with Gasteiger partial charge in [0.15, 0.2) is 0 Å². The number of nitrogens with one attached hydrogen (secondary N) is 2. The molecule has 3 N–H and O–H groups in total. The van der Waals surface area contributed by atoms with Crippen LogP contribution in [0.3, 0.4) is 0 Å². The molecule has 0 saturated heterocycles. The lowest BCUT2D eigenvalue weighted by atomic mass is 9.87. The average Bonchev–Trinajstić information content (AvgIpc) is 2.23. The molecule has 106 valence electrons. The van der Waals surface area contributed by atoms with Crippen molar-refractivity contribution in [2.45, 2.75) is 33.2 Å². The maximum absolute atomic E-state index is 11.8. The molecule has 0 fully saturated rings. The minimum absolute atomic E-state index is 0.353. The fourth-order valence-corrected chi connectivity index (χ4v) is 1.48. The van der Waals surface area contributed by atoms with E-state index in [9.17, 15) is 9.59 Å². The molecule has 0 heterocycles. The van der Waals surface area contributed by atoms with Crippen molar-refractivity contribution >= 4 is 12.0 Å². The van der Waals surface area contributed by atoms with E-state index in [0.717, 1.165) is 13.0 Å². The molecule has 0 rings (SSSR count). The van der Waals surface area contributed by atoms with E-state index in [1.165, 1.54) is 4.90 Å². The summed E-state index contributed by atoms with van der Waals surface area (Å²) in [6, 6.07) is -1.25. The molecular weight excluding hydrogens is 234 g/mol. The Morgan fingerprint density at radius 3 is 2.28 bits per heavy atom. The van der Waals surface area contributed by atoms with Gasteiger partial charge in [0.05, 0.1) is 0 Å². The lowest BCUT2D eigenvalue weighted by Crippen LogP contribution is -2.52. The van der Waals surface area contributed by atoms with Gasteiger partial charge in [-0.2, -0.15) is 0 Å². The molecule has 0 aromatic carbocycles. The van der Waals surface area contributed by atoms with Gasteiger partial charge in [0, 0.05) is 13.6 Å². The lowest BCUT2D eigenvalue weighted by molar-refractivity contribution is -0.142. The van der Waals surface area contributed by atoms with E-state index < -0.39 is 17.4 Å². The van der Waals surface area contributed by atoms with E-state index in [0.29, 0.717) is 6.54 Å². The number of carbonyl (C=O) groups is 2. The molecule has 6 nitrogen and oxygen atoms in total. The number of aliphatic carboxylic acids is 1. The number of hydrogen-bond acceptors (Lipinski definition) is 3. The van der Waals surface area contributed by atoms with Crippen LogP contribution < -0.4 is 10.6 Å². The van der Waals surface area contributed by atoms with Crippen LogP contribution >= 0.6 is 0 Å². The molecule has 0 aliphatic heterocycles. The number of carboxylic acid groups (broad SMARTS) is 1. The molecule has 0 aliphatic carbocycles. The smallest absolute Gasteiger partial charge is 0.326 e. The molecule has 6 heteroatoms. The molecule has 18 heavy (non-hydrogen) atoms. The van der Waals surface area contributed by atoms with Crippen LogP contribution in [-0.4, -0.2) is 55.2 Å². The largest absolute Gasteiger partial charge is 0.480 e. The van der Waals surface area contributed by atoms with Crippen LogP contribution in [0.4, 0.5) is 4.79 Å². The highest BCUT2D eigenvalue weighted by Crippen LogP contribution is 2.19. The van der Waals surface area contributed by atoms with Gasteiger partial charge in [-0.15, -0.1) is 0 Å². The Hall–Kier alpha value is -1.30. The molecule has 0 aliphatic rings. The molecule has 0 spiro atoms. The molecule has 0 bridgehead atoms. The minimum atomic E-state index is -1.01. The quantitative estimate of drug-likeness (QED) is 0.614. The third kappa shape index (κ3) is 5.86. The van der Waals surface area contributed by atoms with Crippen molar-refractivity contribution in [1.82, 2.24) is 15.5 Å². The van der Waals surface area contributed by atoms with Crippen LogP contribution in [0.25, 0.3) is 0 Å². The molecule has 2 amide bonds. The molecule has 0 saturated carbocycles. The van der Waals surface area contributed by atoms with Crippen LogP contribution in [-0.2, 0) is 4.79 Å². The number of hydrogen-bond donors (Lipinski definition) is 3. The average molecular weight is 259 g/mol. The van der Waals surface area contributed by atoms with Gasteiger partial charge in [0.1, 0.15) is 6.04 Å². The van der Waals surface area contributed by atoms with Crippen molar-refractivity contribution in [2.24, 2.45) is 5.41 Å². The van der Waals surface area contributed by atoms with Gasteiger partial charge in [0.2, 0.25) is 0 Å². The molecule has 0 aromatic rings. The maximum atomic E-state index is 11.8. The first-order chi connectivity index (χ1) is 8.20. The minimum Gasteiger partial charge on any atom is -0.480 e. The summed E-state index contributed by atoms with van der Waals surface area (Å²) in [6.45, 7) is 6.76. The van der Waals surface area contributed by atoms with Crippen LogP contribution in [0.2, 0.25) is 0 Å². The highest BCUT2D eigenvalue weighted by molar-refractivity contribution is 5.83. The van der Waals surface area contributed by atoms with E-state index >= 15 is 0 Å². The zero-order valence-corrected chi connectivity index (χ0v) is 11.9. The zero-order valence-electron chi connectivity index (χ0n) is 11.9. The van der Waals surface area contributed by atoms with Gasteiger partial charge in [0.25, 0.3) is 0 Å². The van der Waals surface area contributed by atoms with Crippen LogP contribution in [0.1, 0.15) is 27.2 Å². The summed E-state index contributed by atoms with van der Waals surface area (Å²) in [7, 11) is 3.51. The Labute approximate surface area is 109 Å². The second kappa shape index (κ2) is 7.20. The monoisotopic (exact) mass is 259 g/mol. The van der Waals surface area contributed by atoms with Crippen molar-refractivity contribution in [3.63, 3.8) is 0 Å². The summed E-state index contributed by atoms with van der Waals surface area (Å²) < 4.78 is 0. The summed E-state index contributed by atoms with van der Waals surface area (Å²) >= 11 is 0. The second-order valence-corrected chi connectivity index (χ2v) is 5.47. The summed E-state index contributed by atoms with van der Waals surface area (Å²) in [5, 5.41) is 14.7. The van der Waals surface area contributed by atoms with Crippen molar-refractivity contribution in [3.05, 3.63) is 0 Å². The molecule has 1 atom stereocenters. The third-order valence-corrected chi connectivity index (χ3v) is 2.65. The van der Waals surface area contributed by atoms with Crippen molar-refractivity contribution in [1.29, 1.82) is 0 Å². The number of carbonyl (C=O) groups excluding carboxylic acids is 1. The van der Waals surface area contributed by atoms with E-state index in [-0.39, 0.29) is 6.03 Å². The Kier molecular flexibility index (Phi) is 6.68. The maximum Gasteiger partial charge on any atom is 0.326 e. The SMILES string of the molecule is CNCCCN(C)C(=O)NC(C(=O)O)C(C)(C)C. The van der Waals surface area contributed by atoms with Gasteiger partial charge >= 0.3 is 12.0 Å². The number of carboxylic acids is 1. The first-order valence-corrected chi connectivity index (χ1v) is 6.09. The first-order valence-electron chi connectivity index (χ1n) is 6.09. The van der Waals surface area contributed by atoms with Gasteiger partial charge in [-0.05, 0) is 25.4 Å². The van der Waals surface area contributed by atoms with Crippen molar-refractivity contribution < 1.29 is 14.7 Å². The number of rotatable bonds is 6. The molecule has 0 radical (unpaired) electrons. The van der Waals surface area contributed by atoms with Crippen LogP contribution in [0.5, 0.6) is 0 Å². The van der Waals surface area contributed by atoms with Crippen molar-refractivity contribution in [2.75, 3.05) is 27.2 Å². The Balaban J connectivity index is 4.38. The molecule has 0 aromatic heterocycles. The topological polar surface area (TPSA) is 81.7 Å². The summed E-state index contributed by atoms with van der Waals surface area (Å²) in [5.41, 5.74) is -0.521. The van der Waals surface area contributed by atoms with Crippen LogP contribution in [0.15, 0.2) is 0 Å².